The zero-order valence-corrected chi connectivity index (χ0v) is 20.9. The lowest BCUT2D eigenvalue weighted by molar-refractivity contribution is -0.137. The number of amides is 1. The molecule has 0 saturated carbocycles. The Balaban J connectivity index is 1.59. The fraction of sp³-hybridized carbons (Fsp3) is 0.296. The first-order valence-electron chi connectivity index (χ1n) is 11.6. The monoisotopic (exact) mass is 528 g/mol. The van der Waals surface area contributed by atoms with Crippen molar-refractivity contribution < 1.29 is 31.9 Å². The van der Waals surface area contributed by atoms with Gasteiger partial charge in [0, 0.05) is 16.5 Å². The number of hydrogen-bond donors (Lipinski definition) is 1. The van der Waals surface area contributed by atoms with Crippen molar-refractivity contribution in [2.24, 2.45) is 0 Å². The standard InChI is InChI=1S/C27H23F3N2O4S/c1-15(2)35-26(34)23-20-8-3-4-9-22(20)37-25(23)32-24(33)17(14-31)13-19-10-11-21(36-19)16-6-5-7-18(12-16)27(28,29)30/h5-7,10-13,15H,3-4,8-9H2,1-2H3,(H,32,33)/b17-13+. The fourth-order valence-corrected chi connectivity index (χ4v) is 5.31. The van der Waals surface area contributed by atoms with Crippen molar-refractivity contribution in [2.75, 3.05) is 5.32 Å². The van der Waals surface area contributed by atoms with Crippen LogP contribution in [0.25, 0.3) is 17.4 Å². The number of nitrogens with zero attached hydrogens (tertiary/aromatic N) is 1. The average Bonchev–Trinajstić information content (AvgIpc) is 3.46. The lowest BCUT2D eigenvalue weighted by atomic mass is 9.95. The van der Waals surface area contributed by atoms with Gasteiger partial charge >= 0.3 is 12.1 Å². The summed E-state index contributed by atoms with van der Waals surface area (Å²) in [6, 6.07) is 9.39. The number of carbonyl (C=O) groups is 2. The Bertz CT molecular complexity index is 1410. The number of nitriles is 1. The Kier molecular flexibility index (Phi) is 7.55. The highest BCUT2D eigenvalue weighted by Crippen LogP contribution is 2.39. The topological polar surface area (TPSA) is 92.3 Å². The molecule has 1 aliphatic carbocycles. The van der Waals surface area contributed by atoms with E-state index < -0.39 is 23.6 Å². The number of aryl methyl sites for hydroxylation is 1. The second kappa shape index (κ2) is 10.6. The van der Waals surface area contributed by atoms with E-state index in [0.29, 0.717) is 17.0 Å². The number of carbonyl (C=O) groups excluding carboxylic acids is 2. The van der Waals surface area contributed by atoms with Crippen LogP contribution < -0.4 is 5.32 Å². The first kappa shape index (κ1) is 26.2. The van der Waals surface area contributed by atoms with E-state index >= 15 is 0 Å². The summed E-state index contributed by atoms with van der Waals surface area (Å²) in [5.74, 6) is -0.996. The van der Waals surface area contributed by atoms with Gasteiger partial charge in [-0.05, 0) is 69.4 Å². The minimum Gasteiger partial charge on any atom is -0.459 e. The number of ether oxygens (including phenoxy) is 1. The second-order valence-electron chi connectivity index (χ2n) is 8.77. The zero-order chi connectivity index (χ0) is 26.7. The molecule has 2 aromatic heterocycles. The van der Waals surface area contributed by atoms with Crippen molar-refractivity contribution in [3.63, 3.8) is 0 Å². The van der Waals surface area contributed by atoms with E-state index in [9.17, 15) is 28.0 Å². The molecule has 2 heterocycles. The van der Waals surface area contributed by atoms with Gasteiger partial charge in [-0.3, -0.25) is 4.79 Å². The van der Waals surface area contributed by atoms with Crippen LogP contribution in [0.1, 0.15) is 58.8 Å². The summed E-state index contributed by atoms with van der Waals surface area (Å²) >= 11 is 1.30. The minimum atomic E-state index is -4.50. The van der Waals surface area contributed by atoms with Crippen molar-refractivity contribution in [3.8, 4) is 17.4 Å². The summed E-state index contributed by atoms with van der Waals surface area (Å²) < 4.78 is 50.1. The zero-order valence-electron chi connectivity index (χ0n) is 20.1. The number of esters is 1. The second-order valence-corrected chi connectivity index (χ2v) is 9.88. The minimum absolute atomic E-state index is 0.115. The van der Waals surface area contributed by atoms with E-state index in [1.54, 1.807) is 13.8 Å². The van der Waals surface area contributed by atoms with Crippen LogP contribution in [0.4, 0.5) is 18.2 Å². The molecule has 0 saturated heterocycles. The van der Waals surface area contributed by atoms with E-state index in [2.05, 4.69) is 5.32 Å². The van der Waals surface area contributed by atoms with E-state index in [1.165, 1.54) is 41.7 Å². The number of fused-ring (bicyclic) bond motifs is 1. The molecular weight excluding hydrogens is 505 g/mol. The van der Waals surface area contributed by atoms with Crippen LogP contribution in [-0.4, -0.2) is 18.0 Å². The number of anilines is 1. The summed E-state index contributed by atoms with van der Waals surface area (Å²) in [4.78, 5) is 26.8. The molecule has 0 radical (unpaired) electrons. The van der Waals surface area contributed by atoms with Crippen LogP contribution in [0.2, 0.25) is 0 Å². The van der Waals surface area contributed by atoms with Gasteiger partial charge in [0.15, 0.2) is 0 Å². The number of benzene rings is 1. The molecule has 1 aromatic carbocycles. The van der Waals surface area contributed by atoms with Crippen LogP contribution in [0.3, 0.4) is 0 Å². The van der Waals surface area contributed by atoms with Gasteiger partial charge in [0.2, 0.25) is 0 Å². The highest BCUT2D eigenvalue weighted by atomic mass is 32.1. The van der Waals surface area contributed by atoms with Gasteiger partial charge in [-0.2, -0.15) is 18.4 Å². The molecule has 3 aromatic rings. The molecular formula is C27H23F3N2O4S. The maximum absolute atomic E-state index is 13.0. The van der Waals surface area contributed by atoms with E-state index in [1.807, 2.05) is 6.07 Å². The molecule has 0 unspecified atom stereocenters. The number of alkyl halides is 3. The van der Waals surface area contributed by atoms with E-state index in [-0.39, 0.29) is 28.8 Å². The predicted octanol–water partition coefficient (Wildman–Crippen LogP) is 7.02. The quantitative estimate of drug-likeness (QED) is 0.211. The van der Waals surface area contributed by atoms with Gasteiger partial charge in [-0.15, -0.1) is 11.3 Å². The van der Waals surface area contributed by atoms with Crippen molar-refractivity contribution in [1.82, 2.24) is 0 Å². The average molecular weight is 529 g/mol. The summed E-state index contributed by atoms with van der Waals surface area (Å²) in [5, 5.41) is 12.6. The Morgan fingerprint density at radius 3 is 2.65 bits per heavy atom. The van der Waals surface area contributed by atoms with E-state index in [4.69, 9.17) is 9.15 Å². The smallest absolute Gasteiger partial charge is 0.416 e. The van der Waals surface area contributed by atoms with Gasteiger partial charge in [0.05, 0.1) is 17.2 Å². The van der Waals surface area contributed by atoms with Crippen molar-refractivity contribution in [3.05, 3.63) is 69.3 Å². The van der Waals surface area contributed by atoms with Crippen molar-refractivity contribution in [2.45, 2.75) is 51.8 Å². The number of halogens is 3. The largest absolute Gasteiger partial charge is 0.459 e. The summed E-state index contributed by atoms with van der Waals surface area (Å²) in [7, 11) is 0. The third-order valence-corrected chi connectivity index (χ3v) is 6.91. The molecule has 6 nitrogen and oxygen atoms in total. The number of rotatable bonds is 6. The molecule has 4 rings (SSSR count). The first-order chi connectivity index (χ1) is 17.6. The van der Waals surface area contributed by atoms with Crippen LogP contribution in [0, 0.1) is 11.3 Å². The van der Waals surface area contributed by atoms with Crippen LogP contribution >= 0.6 is 11.3 Å². The number of furan rings is 1. The molecule has 0 fully saturated rings. The normalized spacial score (nSPS) is 13.7. The van der Waals surface area contributed by atoms with Crippen molar-refractivity contribution in [1.29, 1.82) is 5.26 Å². The maximum atomic E-state index is 13.0. The molecule has 192 valence electrons. The van der Waals surface area contributed by atoms with Gasteiger partial charge in [-0.25, -0.2) is 4.79 Å². The lowest BCUT2D eigenvalue weighted by Crippen LogP contribution is -2.18. The van der Waals surface area contributed by atoms with Crippen LogP contribution in [0.15, 0.2) is 46.4 Å². The van der Waals surface area contributed by atoms with Gasteiger partial charge < -0.3 is 14.5 Å². The number of thiophene rings is 1. The van der Waals surface area contributed by atoms with Crippen molar-refractivity contribution >= 4 is 34.3 Å². The predicted molar refractivity (Wildman–Crippen MR) is 133 cm³/mol. The Morgan fingerprint density at radius 2 is 1.95 bits per heavy atom. The molecule has 1 N–H and O–H groups in total. The SMILES string of the molecule is CC(C)OC(=O)c1c(NC(=O)/C(C#N)=C/c2ccc(-c3cccc(C(F)(F)F)c3)o2)sc2c1CCCC2. The maximum Gasteiger partial charge on any atom is 0.416 e. The third kappa shape index (κ3) is 5.94. The van der Waals surface area contributed by atoms with E-state index in [0.717, 1.165) is 41.8 Å². The summed E-state index contributed by atoms with van der Waals surface area (Å²) in [6.07, 6.45) is -0.232. The molecule has 0 aliphatic heterocycles. The molecule has 10 heteroatoms. The Labute approximate surface area is 215 Å². The number of nitrogens with one attached hydrogen (secondary N) is 1. The molecule has 1 amide bonds. The number of hydrogen-bond acceptors (Lipinski definition) is 6. The van der Waals surface area contributed by atoms with Crippen LogP contribution in [0.5, 0.6) is 0 Å². The Morgan fingerprint density at radius 1 is 1.19 bits per heavy atom. The van der Waals surface area contributed by atoms with Gasteiger partial charge in [0.25, 0.3) is 5.91 Å². The lowest BCUT2D eigenvalue weighted by Gasteiger charge is -2.14. The molecule has 0 spiro atoms. The summed E-state index contributed by atoms with van der Waals surface area (Å²) in [5.41, 5.74) is 0.288. The summed E-state index contributed by atoms with van der Waals surface area (Å²) in [6.45, 7) is 3.48. The van der Waals surface area contributed by atoms with Gasteiger partial charge in [0.1, 0.15) is 28.2 Å². The van der Waals surface area contributed by atoms with Gasteiger partial charge in [-0.1, -0.05) is 12.1 Å². The Hall–Kier alpha value is -3.84. The molecule has 0 bridgehead atoms. The molecule has 0 atom stereocenters. The van der Waals surface area contributed by atoms with Crippen LogP contribution in [-0.2, 0) is 28.5 Å². The first-order valence-corrected chi connectivity index (χ1v) is 12.4. The molecule has 37 heavy (non-hydrogen) atoms. The highest BCUT2D eigenvalue weighted by Gasteiger charge is 2.31. The highest BCUT2D eigenvalue weighted by molar-refractivity contribution is 7.17. The fourth-order valence-electron chi connectivity index (χ4n) is 4.04. The molecule has 1 aliphatic rings. The third-order valence-electron chi connectivity index (χ3n) is 5.70.